The standard InChI is InChI=1S/C20H20N6O3/c1-25-11-10-21-17(25)20(18(28)23-19(29)24-20)12-22-16(27)15-9-8-14(26(15)2)13-6-4-3-5-7-13/h3-11H,12H2,1-2H3,(H,22,27)(H2,23,24,28,29). The van der Waals surface area contributed by atoms with E-state index in [9.17, 15) is 14.4 Å². The molecular formula is C20H20N6O3. The van der Waals surface area contributed by atoms with Crippen molar-refractivity contribution in [3.8, 4) is 11.3 Å². The molecule has 3 heterocycles. The predicted molar refractivity (Wildman–Crippen MR) is 105 cm³/mol. The molecule has 4 rings (SSSR count). The number of urea groups is 1. The summed E-state index contributed by atoms with van der Waals surface area (Å²) in [6, 6.07) is 12.7. The smallest absolute Gasteiger partial charge is 0.322 e. The minimum atomic E-state index is -1.47. The van der Waals surface area contributed by atoms with Gasteiger partial charge in [-0.3, -0.25) is 14.9 Å². The van der Waals surface area contributed by atoms with Crippen LogP contribution in [0.5, 0.6) is 0 Å². The molecule has 1 aliphatic rings. The van der Waals surface area contributed by atoms with Gasteiger partial charge in [0.15, 0.2) is 5.54 Å². The summed E-state index contributed by atoms with van der Waals surface area (Å²) in [5.74, 6) is -0.593. The number of imide groups is 1. The molecule has 0 radical (unpaired) electrons. The van der Waals surface area contributed by atoms with Gasteiger partial charge in [-0.25, -0.2) is 9.78 Å². The minimum absolute atomic E-state index is 0.139. The monoisotopic (exact) mass is 392 g/mol. The van der Waals surface area contributed by atoms with Crippen molar-refractivity contribution in [2.45, 2.75) is 5.54 Å². The second-order valence-electron chi connectivity index (χ2n) is 6.89. The first-order valence-electron chi connectivity index (χ1n) is 9.03. The summed E-state index contributed by atoms with van der Waals surface area (Å²) in [6.07, 6.45) is 3.19. The predicted octanol–water partition coefficient (Wildman–Crippen LogP) is 0.890. The third-order valence-corrected chi connectivity index (χ3v) is 5.08. The molecule has 1 atom stereocenters. The summed E-state index contributed by atoms with van der Waals surface area (Å²) >= 11 is 0. The van der Waals surface area contributed by atoms with Gasteiger partial charge in [0.1, 0.15) is 11.5 Å². The van der Waals surface area contributed by atoms with Gasteiger partial charge in [-0.15, -0.1) is 0 Å². The zero-order valence-corrected chi connectivity index (χ0v) is 16.0. The van der Waals surface area contributed by atoms with Gasteiger partial charge in [-0.2, -0.15) is 0 Å². The minimum Gasteiger partial charge on any atom is -0.347 e. The van der Waals surface area contributed by atoms with Crippen LogP contribution >= 0.6 is 0 Å². The Kier molecular flexibility index (Phi) is 4.42. The van der Waals surface area contributed by atoms with Crippen molar-refractivity contribution in [2.75, 3.05) is 6.54 Å². The molecule has 1 saturated heterocycles. The molecule has 0 spiro atoms. The lowest BCUT2D eigenvalue weighted by atomic mass is 9.98. The van der Waals surface area contributed by atoms with Crippen molar-refractivity contribution < 1.29 is 14.4 Å². The van der Waals surface area contributed by atoms with E-state index in [1.54, 1.807) is 35.5 Å². The molecule has 9 nitrogen and oxygen atoms in total. The lowest BCUT2D eigenvalue weighted by molar-refractivity contribution is -0.124. The lowest BCUT2D eigenvalue weighted by Gasteiger charge is -2.25. The number of nitrogens with zero attached hydrogens (tertiary/aromatic N) is 3. The van der Waals surface area contributed by atoms with Gasteiger partial charge in [0.05, 0.1) is 6.54 Å². The van der Waals surface area contributed by atoms with E-state index in [2.05, 4.69) is 20.9 Å². The SMILES string of the molecule is Cn1ccnc1C1(CNC(=O)c2ccc(-c3ccccc3)n2C)NC(=O)NC1=O. The second kappa shape index (κ2) is 6.93. The Morgan fingerprint density at radius 2 is 1.90 bits per heavy atom. The van der Waals surface area contributed by atoms with Gasteiger partial charge in [0.2, 0.25) is 0 Å². The molecule has 4 amide bonds. The maximum absolute atomic E-state index is 12.8. The molecule has 1 aromatic carbocycles. The number of aryl methyl sites for hydroxylation is 1. The van der Waals surface area contributed by atoms with Gasteiger partial charge in [0, 0.05) is 32.2 Å². The Morgan fingerprint density at radius 1 is 1.14 bits per heavy atom. The summed E-state index contributed by atoms with van der Waals surface area (Å²) in [5.41, 5.74) is 0.837. The summed E-state index contributed by atoms with van der Waals surface area (Å²) < 4.78 is 3.42. The van der Waals surface area contributed by atoms with Crippen LogP contribution in [-0.2, 0) is 24.4 Å². The van der Waals surface area contributed by atoms with Crippen LogP contribution in [0.2, 0.25) is 0 Å². The molecule has 29 heavy (non-hydrogen) atoms. The van der Waals surface area contributed by atoms with E-state index in [1.807, 2.05) is 36.4 Å². The first kappa shape index (κ1) is 18.5. The van der Waals surface area contributed by atoms with Crippen LogP contribution in [0.1, 0.15) is 16.3 Å². The fraction of sp³-hybridized carbons (Fsp3) is 0.200. The molecule has 0 saturated carbocycles. The van der Waals surface area contributed by atoms with E-state index in [4.69, 9.17) is 0 Å². The van der Waals surface area contributed by atoms with E-state index < -0.39 is 17.5 Å². The van der Waals surface area contributed by atoms with E-state index in [0.717, 1.165) is 11.3 Å². The van der Waals surface area contributed by atoms with Crippen molar-refractivity contribution in [3.05, 3.63) is 66.4 Å². The number of amides is 4. The summed E-state index contributed by atoms with van der Waals surface area (Å²) in [5, 5.41) is 7.60. The Balaban J connectivity index is 1.59. The number of rotatable bonds is 5. The van der Waals surface area contributed by atoms with Gasteiger partial charge < -0.3 is 19.8 Å². The highest BCUT2D eigenvalue weighted by Gasteiger charge is 2.50. The molecule has 1 fully saturated rings. The van der Waals surface area contributed by atoms with Crippen molar-refractivity contribution in [1.82, 2.24) is 30.1 Å². The molecule has 148 valence electrons. The number of aromatic nitrogens is 3. The average Bonchev–Trinajstić information content (AvgIpc) is 3.38. The Bertz CT molecular complexity index is 1100. The molecule has 3 N–H and O–H groups in total. The molecular weight excluding hydrogens is 372 g/mol. The van der Waals surface area contributed by atoms with Crippen LogP contribution in [0.4, 0.5) is 4.79 Å². The molecule has 0 aliphatic carbocycles. The van der Waals surface area contributed by atoms with Crippen molar-refractivity contribution in [1.29, 1.82) is 0 Å². The van der Waals surface area contributed by atoms with Crippen LogP contribution in [0.25, 0.3) is 11.3 Å². The van der Waals surface area contributed by atoms with Crippen LogP contribution < -0.4 is 16.0 Å². The molecule has 9 heteroatoms. The Hall–Kier alpha value is -3.88. The first-order chi connectivity index (χ1) is 13.9. The Labute approximate surface area is 166 Å². The molecule has 2 aromatic heterocycles. The van der Waals surface area contributed by atoms with Crippen LogP contribution in [0.15, 0.2) is 54.9 Å². The summed E-state index contributed by atoms with van der Waals surface area (Å²) in [7, 11) is 3.52. The number of carbonyl (C=O) groups is 3. The third kappa shape index (κ3) is 3.06. The maximum atomic E-state index is 12.8. The van der Waals surface area contributed by atoms with E-state index >= 15 is 0 Å². The van der Waals surface area contributed by atoms with Gasteiger partial charge in [-0.1, -0.05) is 30.3 Å². The largest absolute Gasteiger partial charge is 0.347 e. The van der Waals surface area contributed by atoms with Crippen molar-refractivity contribution in [2.24, 2.45) is 14.1 Å². The Morgan fingerprint density at radius 3 is 2.52 bits per heavy atom. The van der Waals surface area contributed by atoms with E-state index in [-0.39, 0.29) is 12.5 Å². The van der Waals surface area contributed by atoms with Gasteiger partial charge in [0.25, 0.3) is 11.8 Å². The molecule has 0 bridgehead atoms. The number of nitrogens with one attached hydrogen (secondary N) is 3. The number of benzene rings is 1. The first-order valence-corrected chi connectivity index (χ1v) is 9.03. The molecule has 1 unspecified atom stereocenters. The highest BCUT2D eigenvalue weighted by molar-refractivity contribution is 6.07. The zero-order chi connectivity index (χ0) is 20.6. The molecule has 3 aromatic rings. The topological polar surface area (TPSA) is 110 Å². The maximum Gasteiger partial charge on any atom is 0.322 e. The fourth-order valence-corrected chi connectivity index (χ4v) is 3.57. The van der Waals surface area contributed by atoms with Crippen LogP contribution in [-0.4, -0.2) is 38.5 Å². The highest BCUT2D eigenvalue weighted by Crippen LogP contribution is 2.24. The molecule has 1 aliphatic heterocycles. The van der Waals surface area contributed by atoms with Crippen molar-refractivity contribution >= 4 is 17.8 Å². The normalized spacial score (nSPS) is 18.4. The average molecular weight is 392 g/mol. The number of hydrogen-bond donors (Lipinski definition) is 3. The van der Waals surface area contributed by atoms with Gasteiger partial charge >= 0.3 is 6.03 Å². The second-order valence-corrected chi connectivity index (χ2v) is 6.89. The van der Waals surface area contributed by atoms with E-state index in [1.165, 1.54) is 6.20 Å². The fourth-order valence-electron chi connectivity index (χ4n) is 3.57. The third-order valence-electron chi connectivity index (χ3n) is 5.08. The van der Waals surface area contributed by atoms with Gasteiger partial charge in [-0.05, 0) is 17.7 Å². The quantitative estimate of drug-likeness (QED) is 0.560. The van der Waals surface area contributed by atoms with Crippen LogP contribution in [0.3, 0.4) is 0 Å². The van der Waals surface area contributed by atoms with Crippen LogP contribution in [0, 0.1) is 0 Å². The number of imidazole rings is 1. The summed E-state index contributed by atoms with van der Waals surface area (Å²) in [4.78, 5) is 41.4. The number of carbonyl (C=O) groups excluding carboxylic acids is 3. The van der Waals surface area contributed by atoms with E-state index in [0.29, 0.717) is 11.5 Å². The highest BCUT2D eigenvalue weighted by atomic mass is 16.2. The van der Waals surface area contributed by atoms with Crippen molar-refractivity contribution in [3.63, 3.8) is 0 Å². The number of hydrogen-bond acceptors (Lipinski definition) is 4. The lowest BCUT2D eigenvalue weighted by Crippen LogP contribution is -2.54. The summed E-state index contributed by atoms with van der Waals surface area (Å²) in [6.45, 7) is -0.139. The zero-order valence-electron chi connectivity index (χ0n) is 16.0.